The van der Waals surface area contributed by atoms with Crippen LogP contribution in [0.4, 0.5) is 17.1 Å². The Morgan fingerprint density at radius 2 is 1.76 bits per heavy atom. The van der Waals surface area contributed by atoms with Gasteiger partial charge in [0.15, 0.2) is 0 Å². The molecule has 0 saturated heterocycles. The average Bonchev–Trinajstić information content (AvgIpc) is 3.28. The minimum atomic E-state index is -0.569. The maximum Gasteiger partial charge on any atom is 0.309 e. The Labute approximate surface area is 164 Å². The lowest BCUT2D eigenvalue weighted by Crippen LogP contribution is -2.23. The summed E-state index contributed by atoms with van der Waals surface area (Å²) in [5.74, 6) is -0.982. The van der Waals surface area contributed by atoms with Gasteiger partial charge in [0.1, 0.15) is 24.1 Å². The van der Waals surface area contributed by atoms with Crippen molar-refractivity contribution in [3.8, 4) is 0 Å². The van der Waals surface area contributed by atoms with Crippen LogP contribution < -0.4 is 10.6 Å². The number of anilines is 2. The third-order valence-corrected chi connectivity index (χ3v) is 4.33. The SMILES string of the molecule is Cc1nn(CC(=O)Nc2cnn(C)c2C(=O)Nc2cnn(C)c2C)cc1[N+](=O)[O-]. The van der Waals surface area contributed by atoms with Crippen LogP contribution in [0.3, 0.4) is 0 Å². The van der Waals surface area contributed by atoms with Gasteiger partial charge >= 0.3 is 5.69 Å². The first kappa shape index (κ1) is 19.7. The fraction of sp³-hybridized carbons (Fsp3) is 0.312. The van der Waals surface area contributed by atoms with Crippen LogP contribution in [0.5, 0.6) is 0 Å². The van der Waals surface area contributed by atoms with E-state index in [0.717, 1.165) is 10.4 Å². The zero-order valence-corrected chi connectivity index (χ0v) is 16.2. The molecule has 0 aromatic carbocycles. The molecule has 0 aliphatic rings. The molecule has 0 unspecified atom stereocenters. The molecule has 2 N–H and O–H groups in total. The lowest BCUT2D eigenvalue weighted by molar-refractivity contribution is -0.385. The van der Waals surface area contributed by atoms with E-state index < -0.39 is 16.7 Å². The van der Waals surface area contributed by atoms with E-state index in [4.69, 9.17) is 0 Å². The summed E-state index contributed by atoms with van der Waals surface area (Å²) >= 11 is 0. The number of aromatic nitrogens is 6. The Balaban J connectivity index is 1.74. The molecule has 152 valence electrons. The molecule has 29 heavy (non-hydrogen) atoms. The van der Waals surface area contributed by atoms with Crippen LogP contribution in [0.2, 0.25) is 0 Å². The summed E-state index contributed by atoms with van der Waals surface area (Å²) in [5.41, 5.74) is 1.68. The molecule has 0 atom stereocenters. The van der Waals surface area contributed by atoms with Crippen molar-refractivity contribution in [2.24, 2.45) is 14.1 Å². The van der Waals surface area contributed by atoms with Crippen LogP contribution in [0, 0.1) is 24.0 Å². The number of aryl methyl sites for hydroxylation is 3. The van der Waals surface area contributed by atoms with E-state index in [-0.39, 0.29) is 29.3 Å². The zero-order chi connectivity index (χ0) is 21.3. The first-order valence-corrected chi connectivity index (χ1v) is 8.47. The molecule has 13 nitrogen and oxygen atoms in total. The quantitative estimate of drug-likeness (QED) is 0.456. The van der Waals surface area contributed by atoms with Crippen LogP contribution in [-0.4, -0.2) is 46.1 Å². The van der Waals surface area contributed by atoms with Crippen LogP contribution in [-0.2, 0) is 25.4 Å². The minimum Gasteiger partial charge on any atom is -0.321 e. The normalized spacial score (nSPS) is 10.8. The Morgan fingerprint density at radius 3 is 2.34 bits per heavy atom. The van der Waals surface area contributed by atoms with Gasteiger partial charge in [0.05, 0.1) is 34.4 Å². The molecule has 0 aliphatic carbocycles. The first-order valence-electron chi connectivity index (χ1n) is 8.47. The van der Waals surface area contributed by atoms with Gasteiger partial charge < -0.3 is 10.6 Å². The summed E-state index contributed by atoms with van der Waals surface area (Å²) in [7, 11) is 3.32. The van der Waals surface area contributed by atoms with Crippen LogP contribution >= 0.6 is 0 Å². The molecular formula is C16H19N9O4. The lowest BCUT2D eigenvalue weighted by atomic mass is 10.3. The monoisotopic (exact) mass is 401 g/mol. The smallest absolute Gasteiger partial charge is 0.309 e. The molecule has 13 heteroatoms. The van der Waals surface area contributed by atoms with Gasteiger partial charge in [-0.05, 0) is 13.8 Å². The van der Waals surface area contributed by atoms with Gasteiger partial charge in [0.25, 0.3) is 5.91 Å². The lowest BCUT2D eigenvalue weighted by Gasteiger charge is -2.09. The predicted octanol–water partition coefficient (Wildman–Crippen LogP) is 0.766. The molecule has 0 bridgehead atoms. The van der Waals surface area contributed by atoms with Crippen molar-refractivity contribution >= 4 is 28.9 Å². The highest BCUT2D eigenvalue weighted by molar-refractivity contribution is 6.09. The van der Waals surface area contributed by atoms with E-state index in [1.54, 1.807) is 25.7 Å². The topological polar surface area (TPSA) is 155 Å². The third-order valence-electron chi connectivity index (χ3n) is 4.33. The van der Waals surface area contributed by atoms with Crippen LogP contribution in [0.1, 0.15) is 21.9 Å². The highest BCUT2D eigenvalue weighted by atomic mass is 16.6. The van der Waals surface area contributed by atoms with E-state index >= 15 is 0 Å². The molecule has 0 aliphatic heterocycles. The molecule has 3 aromatic heterocycles. The summed E-state index contributed by atoms with van der Waals surface area (Å²) in [5, 5.41) is 28.3. The highest BCUT2D eigenvalue weighted by Crippen LogP contribution is 2.19. The van der Waals surface area contributed by atoms with Gasteiger partial charge in [-0.3, -0.25) is 33.7 Å². The van der Waals surface area contributed by atoms with Crippen molar-refractivity contribution in [2.45, 2.75) is 20.4 Å². The van der Waals surface area contributed by atoms with Crippen molar-refractivity contribution in [3.63, 3.8) is 0 Å². The van der Waals surface area contributed by atoms with Crippen molar-refractivity contribution in [2.75, 3.05) is 10.6 Å². The number of hydrogen-bond acceptors (Lipinski definition) is 7. The second-order valence-corrected chi connectivity index (χ2v) is 6.35. The van der Waals surface area contributed by atoms with Crippen molar-refractivity contribution in [3.05, 3.63) is 45.8 Å². The van der Waals surface area contributed by atoms with E-state index in [1.807, 2.05) is 0 Å². The summed E-state index contributed by atoms with van der Waals surface area (Å²) in [4.78, 5) is 35.4. The van der Waals surface area contributed by atoms with E-state index in [9.17, 15) is 19.7 Å². The number of hydrogen-bond donors (Lipinski definition) is 2. The Hall–Kier alpha value is -4.03. The number of nitro groups is 1. The number of carbonyl (C=O) groups excluding carboxylic acids is 2. The second-order valence-electron chi connectivity index (χ2n) is 6.35. The molecule has 0 spiro atoms. The van der Waals surface area contributed by atoms with Crippen molar-refractivity contribution < 1.29 is 14.5 Å². The van der Waals surface area contributed by atoms with Gasteiger partial charge in [0, 0.05) is 14.1 Å². The van der Waals surface area contributed by atoms with Gasteiger partial charge in [-0.1, -0.05) is 0 Å². The van der Waals surface area contributed by atoms with Crippen LogP contribution in [0.25, 0.3) is 0 Å². The number of amides is 2. The molecule has 3 heterocycles. The van der Waals surface area contributed by atoms with Crippen LogP contribution in [0.15, 0.2) is 18.6 Å². The molecular weight excluding hydrogens is 382 g/mol. The summed E-state index contributed by atoms with van der Waals surface area (Å²) in [6, 6.07) is 0. The minimum absolute atomic E-state index is 0.143. The van der Waals surface area contributed by atoms with Gasteiger partial charge in [-0.25, -0.2) is 0 Å². The zero-order valence-electron chi connectivity index (χ0n) is 16.2. The standard InChI is InChI=1S/C16H19N9O4/c1-9-13(25(28)29)7-24(21-9)8-14(26)19-12-6-18-23(4)15(12)16(27)20-11-5-17-22(3)10(11)2/h5-7H,8H2,1-4H3,(H,19,26)(H,20,27). The highest BCUT2D eigenvalue weighted by Gasteiger charge is 2.21. The Kier molecular flexibility index (Phi) is 5.12. The molecule has 3 aromatic rings. The van der Waals surface area contributed by atoms with E-state index in [0.29, 0.717) is 5.69 Å². The second kappa shape index (κ2) is 7.53. The molecule has 2 amide bonds. The van der Waals surface area contributed by atoms with Crippen molar-refractivity contribution in [1.82, 2.24) is 29.3 Å². The maximum atomic E-state index is 12.7. The molecule has 0 fully saturated rings. The largest absolute Gasteiger partial charge is 0.321 e. The fourth-order valence-electron chi connectivity index (χ4n) is 2.71. The van der Waals surface area contributed by atoms with E-state index in [2.05, 4.69) is 25.9 Å². The van der Waals surface area contributed by atoms with Crippen molar-refractivity contribution in [1.29, 1.82) is 0 Å². The number of nitrogens with one attached hydrogen (secondary N) is 2. The van der Waals surface area contributed by atoms with Gasteiger partial charge in [-0.15, -0.1) is 0 Å². The van der Waals surface area contributed by atoms with E-state index in [1.165, 1.54) is 30.2 Å². The molecule has 0 saturated carbocycles. The molecule has 0 radical (unpaired) electrons. The third kappa shape index (κ3) is 3.97. The summed E-state index contributed by atoms with van der Waals surface area (Å²) in [6.45, 7) is 3.03. The Bertz CT molecular complexity index is 1110. The average molecular weight is 401 g/mol. The molecule has 3 rings (SSSR count). The summed E-state index contributed by atoms with van der Waals surface area (Å²) < 4.78 is 4.12. The maximum absolute atomic E-state index is 12.7. The first-order chi connectivity index (χ1) is 13.7. The fourth-order valence-corrected chi connectivity index (χ4v) is 2.71. The number of carbonyl (C=O) groups is 2. The number of rotatable bonds is 6. The van der Waals surface area contributed by atoms with Gasteiger partial charge in [0.2, 0.25) is 5.91 Å². The number of nitrogens with zero attached hydrogens (tertiary/aromatic N) is 7. The Morgan fingerprint density at radius 1 is 1.10 bits per heavy atom. The summed E-state index contributed by atoms with van der Waals surface area (Å²) in [6.07, 6.45) is 4.05. The predicted molar refractivity (Wildman–Crippen MR) is 101 cm³/mol. The van der Waals surface area contributed by atoms with Gasteiger partial charge in [-0.2, -0.15) is 15.3 Å².